The number of thioether (sulfide) groups is 1. The number of hydrogen-bond acceptors (Lipinski definition) is 2. The number of hydrogen-bond donors (Lipinski definition) is 1. The second kappa shape index (κ2) is 4.83. The molecule has 94 valence electrons. The van der Waals surface area contributed by atoms with Gasteiger partial charge in [0, 0.05) is 17.2 Å². The van der Waals surface area contributed by atoms with E-state index in [0.717, 1.165) is 28.5 Å². The summed E-state index contributed by atoms with van der Waals surface area (Å²) in [6.45, 7) is 4.31. The zero-order chi connectivity index (χ0) is 12.5. The van der Waals surface area contributed by atoms with Crippen LogP contribution in [-0.4, -0.2) is 22.2 Å². The molecule has 0 aromatic heterocycles. The Morgan fingerprint density at radius 3 is 2.71 bits per heavy atom. The van der Waals surface area contributed by atoms with Crippen molar-refractivity contribution < 1.29 is 5.11 Å². The van der Waals surface area contributed by atoms with Crippen LogP contribution in [0.5, 0.6) is 0 Å². The molecular formula is C14H19ClOS. The molecule has 0 saturated carbocycles. The van der Waals surface area contributed by atoms with Crippen LogP contribution in [0.2, 0.25) is 5.02 Å². The van der Waals surface area contributed by atoms with E-state index in [-0.39, 0.29) is 5.41 Å². The minimum absolute atomic E-state index is 0.0442. The Balaban J connectivity index is 2.24. The number of benzene rings is 1. The van der Waals surface area contributed by atoms with Crippen LogP contribution in [0, 0.1) is 5.41 Å². The number of halogens is 1. The van der Waals surface area contributed by atoms with Crippen molar-refractivity contribution in [2.45, 2.75) is 32.3 Å². The zero-order valence-corrected chi connectivity index (χ0v) is 11.9. The van der Waals surface area contributed by atoms with Crippen LogP contribution < -0.4 is 0 Å². The quantitative estimate of drug-likeness (QED) is 0.883. The average molecular weight is 271 g/mol. The first-order valence-corrected chi connectivity index (χ1v) is 7.51. The lowest BCUT2D eigenvalue weighted by Crippen LogP contribution is -2.51. The Morgan fingerprint density at radius 2 is 2.06 bits per heavy atom. The van der Waals surface area contributed by atoms with Gasteiger partial charge in [-0.25, -0.2) is 0 Å². The van der Waals surface area contributed by atoms with Crippen LogP contribution in [0.1, 0.15) is 25.8 Å². The van der Waals surface area contributed by atoms with Gasteiger partial charge in [0.1, 0.15) is 0 Å². The van der Waals surface area contributed by atoms with Crippen molar-refractivity contribution in [1.82, 2.24) is 0 Å². The van der Waals surface area contributed by atoms with Gasteiger partial charge in [-0.05, 0) is 29.2 Å². The Labute approximate surface area is 113 Å². The molecule has 0 spiro atoms. The fourth-order valence-electron chi connectivity index (χ4n) is 2.24. The number of rotatable bonds is 2. The van der Waals surface area contributed by atoms with Crippen LogP contribution in [-0.2, 0) is 6.42 Å². The van der Waals surface area contributed by atoms with E-state index >= 15 is 0 Å². The highest BCUT2D eigenvalue weighted by Crippen LogP contribution is 2.44. The highest BCUT2D eigenvalue weighted by atomic mass is 35.5. The molecule has 1 nitrogen and oxygen atoms in total. The maximum atomic E-state index is 10.9. The van der Waals surface area contributed by atoms with E-state index in [1.54, 1.807) is 0 Å². The van der Waals surface area contributed by atoms with Gasteiger partial charge in [-0.2, -0.15) is 11.8 Å². The third-order valence-electron chi connectivity index (χ3n) is 3.91. The SMILES string of the molecule is CC1(C)CCSCC1(O)Cc1ccccc1Cl. The fourth-order valence-corrected chi connectivity index (χ4v) is 4.08. The minimum Gasteiger partial charge on any atom is -0.388 e. The maximum absolute atomic E-state index is 10.9. The molecule has 1 aromatic carbocycles. The first-order chi connectivity index (χ1) is 7.95. The van der Waals surface area contributed by atoms with E-state index in [1.165, 1.54) is 0 Å². The summed E-state index contributed by atoms with van der Waals surface area (Å²) in [4.78, 5) is 0. The molecule has 1 heterocycles. The fraction of sp³-hybridized carbons (Fsp3) is 0.571. The van der Waals surface area contributed by atoms with Crippen molar-refractivity contribution in [2.24, 2.45) is 5.41 Å². The molecule has 2 rings (SSSR count). The molecule has 3 heteroatoms. The lowest BCUT2D eigenvalue weighted by molar-refractivity contribution is -0.0512. The lowest BCUT2D eigenvalue weighted by Gasteiger charge is -2.46. The Morgan fingerprint density at radius 1 is 1.35 bits per heavy atom. The van der Waals surface area contributed by atoms with Crippen LogP contribution in [0.4, 0.5) is 0 Å². The normalized spacial score (nSPS) is 28.0. The van der Waals surface area contributed by atoms with E-state index in [0.29, 0.717) is 6.42 Å². The second-order valence-electron chi connectivity index (χ2n) is 5.49. The van der Waals surface area contributed by atoms with Crippen molar-refractivity contribution in [2.75, 3.05) is 11.5 Å². The van der Waals surface area contributed by atoms with Crippen molar-refractivity contribution in [3.8, 4) is 0 Å². The average Bonchev–Trinajstić information content (AvgIpc) is 2.26. The summed E-state index contributed by atoms with van der Waals surface area (Å²) in [6.07, 6.45) is 1.70. The summed E-state index contributed by atoms with van der Waals surface area (Å²) in [5.74, 6) is 1.93. The Kier molecular flexibility index (Phi) is 3.77. The zero-order valence-electron chi connectivity index (χ0n) is 10.4. The summed E-state index contributed by atoms with van der Waals surface area (Å²) < 4.78 is 0. The first kappa shape index (κ1) is 13.3. The van der Waals surface area contributed by atoms with E-state index < -0.39 is 5.60 Å². The van der Waals surface area contributed by atoms with Crippen molar-refractivity contribution in [3.63, 3.8) is 0 Å². The van der Waals surface area contributed by atoms with Gasteiger partial charge in [0.15, 0.2) is 0 Å². The first-order valence-electron chi connectivity index (χ1n) is 5.98. The highest BCUT2D eigenvalue weighted by molar-refractivity contribution is 7.99. The molecule has 0 radical (unpaired) electrons. The monoisotopic (exact) mass is 270 g/mol. The molecular weight excluding hydrogens is 252 g/mol. The van der Waals surface area contributed by atoms with Crippen LogP contribution in [0.25, 0.3) is 0 Å². The van der Waals surface area contributed by atoms with Gasteiger partial charge >= 0.3 is 0 Å². The van der Waals surface area contributed by atoms with Crippen molar-refractivity contribution >= 4 is 23.4 Å². The lowest BCUT2D eigenvalue weighted by atomic mass is 9.70. The van der Waals surface area contributed by atoms with Gasteiger partial charge in [-0.3, -0.25) is 0 Å². The highest BCUT2D eigenvalue weighted by Gasteiger charge is 2.45. The maximum Gasteiger partial charge on any atom is 0.0829 e. The minimum atomic E-state index is -0.652. The summed E-state index contributed by atoms with van der Waals surface area (Å²) in [7, 11) is 0. The molecule has 1 aliphatic rings. The van der Waals surface area contributed by atoms with E-state index in [9.17, 15) is 5.11 Å². The van der Waals surface area contributed by atoms with E-state index in [4.69, 9.17) is 11.6 Å². The van der Waals surface area contributed by atoms with E-state index in [2.05, 4.69) is 13.8 Å². The van der Waals surface area contributed by atoms with Gasteiger partial charge in [0.2, 0.25) is 0 Å². The Bertz CT molecular complexity index is 405. The summed E-state index contributed by atoms with van der Waals surface area (Å²) in [5, 5.41) is 11.7. The predicted molar refractivity (Wildman–Crippen MR) is 75.8 cm³/mol. The van der Waals surface area contributed by atoms with Crippen LogP contribution in [0.15, 0.2) is 24.3 Å². The molecule has 1 unspecified atom stereocenters. The van der Waals surface area contributed by atoms with E-state index in [1.807, 2.05) is 36.0 Å². The summed E-state index contributed by atoms with van der Waals surface area (Å²) in [6, 6.07) is 7.81. The third kappa shape index (κ3) is 2.64. The number of aliphatic hydroxyl groups is 1. The summed E-state index contributed by atoms with van der Waals surface area (Å²) >= 11 is 8.02. The third-order valence-corrected chi connectivity index (χ3v) is 5.46. The van der Waals surface area contributed by atoms with Crippen molar-refractivity contribution in [1.29, 1.82) is 0 Å². The second-order valence-corrected chi connectivity index (χ2v) is 7.00. The van der Waals surface area contributed by atoms with Gasteiger partial charge in [0.05, 0.1) is 5.60 Å². The van der Waals surface area contributed by atoms with Gasteiger partial charge in [0.25, 0.3) is 0 Å². The van der Waals surface area contributed by atoms with Crippen LogP contribution >= 0.6 is 23.4 Å². The standard InChI is InChI=1S/C14H19ClOS/c1-13(2)7-8-17-10-14(13,16)9-11-5-3-4-6-12(11)15/h3-6,16H,7-10H2,1-2H3. The van der Waals surface area contributed by atoms with Gasteiger partial charge in [-0.1, -0.05) is 43.6 Å². The van der Waals surface area contributed by atoms with Crippen molar-refractivity contribution in [3.05, 3.63) is 34.9 Å². The molecule has 1 aliphatic heterocycles. The van der Waals surface area contributed by atoms with Gasteiger partial charge < -0.3 is 5.11 Å². The molecule has 0 amide bonds. The molecule has 1 N–H and O–H groups in total. The van der Waals surface area contributed by atoms with Gasteiger partial charge in [-0.15, -0.1) is 0 Å². The Hall–Kier alpha value is -0.180. The molecule has 17 heavy (non-hydrogen) atoms. The molecule has 1 aromatic rings. The topological polar surface area (TPSA) is 20.2 Å². The predicted octanol–water partition coefficient (Wildman–Crippen LogP) is 3.78. The van der Waals surface area contributed by atoms with Crippen LogP contribution in [0.3, 0.4) is 0 Å². The largest absolute Gasteiger partial charge is 0.388 e. The summed E-state index contributed by atoms with van der Waals surface area (Å²) in [5.41, 5.74) is 0.352. The molecule has 1 saturated heterocycles. The molecule has 1 atom stereocenters. The molecule has 1 fully saturated rings. The molecule has 0 aliphatic carbocycles. The smallest absolute Gasteiger partial charge is 0.0829 e. The molecule has 0 bridgehead atoms.